The highest BCUT2D eigenvalue weighted by Crippen LogP contribution is 2.26. The molecule has 3 rings (SSSR count). The summed E-state index contributed by atoms with van der Waals surface area (Å²) in [6.07, 6.45) is 0.813. The number of nitrogens with one attached hydrogen (secondary N) is 1. The predicted octanol–water partition coefficient (Wildman–Crippen LogP) is 4.70. The van der Waals surface area contributed by atoms with Crippen molar-refractivity contribution in [3.05, 3.63) is 54.1 Å². The molecule has 0 aliphatic rings. The average Bonchev–Trinajstić information content (AvgIpc) is 3.11. The Balaban J connectivity index is 1.77. The van der Waals surface area contributed by atoms with Gasteiger partial charge in [0.1, 0.15) is 0 Å². The monoisotopic (exact) mass is 335 g/mol. The van der Waals surface area contributed by atoms with Crippen LogP contribution in [-0.4, -0.2) is 16.1 Å². The summed E-state index contributed by atoms with van der Waals surface area (Å²) in [6, 6.07) is 15.3. The normalized spacial score (nSPS) is 12.0. The number of aryl methyl sites for hydroxylation is 1. The predicted molar refractivity (Wildman–Crippen MR) is 98.0 cm³/mol. The van der Waals surface area contributed by atoms with Crippen LogP contribution in [0.5, 0.6) is 0 Å². The Morgan fingerprint density at radius 2 is 1.76 bits per heavy atom. The SMILES string of the molecule is CC[C@H](C)C(=O)Nc1ccc(-c2nnc(-c3ccccc3C)o2)cc1. The zero-order chi connectivity index (χ0) is 17.8. The molecule has 128 valence electrons. The van der Waals surface area contributed by atoms with Gasteiger partial charge >= 0.3 is 0 Å². The fraction of sp³-hybridized carbons (Fsp3) is 0.250. The highest BCUT2D eigenvalue weighted by molar-refractivity contribution is 5.92. The summed E-state index contributed by atoms with van der Waals surface area (Å²) in [5.74, 6) is 0.975. The second-order valence-corrected chi connectivity index (χ2v) is 6.10. The second-order valence-electron chi connectivity index (χ2n) is 6.10. The van der Waals surface area contributed by atoms with Gasteiger partial charge in [0, 0.05) is 22.7 Å². The molecule has 25 heavy (non-hydrogen) atoms. The van der Waals surface area contributed by atoms with Crippen LogP contribution in [0, 0.1) is 12.8 Å². The van der Waals surface area contributed by atoms with Gasteiger partial charge in [-0.3, -0.25) is 4.79 Å². The van der Waals surface area contributed by atoms with E-state index >= 15 is 0 Å². The zero-order valence-electron chi connectivity index (χ0n) is 14.6. The van der Waals surface area contributed by atoms with E-state index in [9.17, 15) is 4.79 Å². The van der Waals surface area contributed by atoms with Crippen molar-refractivity contribution in [3.63, 3.8) is 0 Å². The van der Waals surface area contributed by atoms with E-state index in [-0.39, 0.29) is 11.8 Å². The first kappa shape index (κ1) is 16.9. The molecular weight excluding hydrogens is 314 g/mol. The fourth-order valence-corrected chi connectivity index (χ4v) is 2.41. The molecule has 1 aromatic heterocycles. The van der Waals surface area contributed by atoms with Crippen molar-refractivity contribution < 1.29 is 9.21 Å². The second kappa shape index (κ2) is 7.30. The first-order valence-electron chi connectivity index (χ1n) is 8.39. The molecule has 3 aromatic rings. The molecule has 0 aliphatic heterocycles. The number of aromatic nitrogens is 2. The summed E-state index contributed by atoms with van der Waals surface area (Å²) < 4.78 is 5.80. The van der Waals surface area contributed by atoms with Crippen molar-refractivity contribution in [1.82, 2.24) is 10.2 Å². The molecule has 5 heteroatoms. The van der Waals surface area contributed by atoms with E-state index in [1.165, 1.54) is 0 Å². The van der Waals surface area contributed by atoms with Crippen molar-refractivity contribution in [2.24, 2.45) is 5.92 Å². The molecule has 0 saturated carbocycles. The van der Waals surface area contributed by atoms with Crippen molar-refractivity contribution in [3.8, 4) is 22.9 Å². The van der Waals surface area contributed by atoms with E-state index < -0.39 is 0 Å². The van der Waals surface area contributed by atoms with Crippen molar-refractivity contribution in [2.45, 2.75) is 27.2 Å². The number of benzene rings is 2. The number of hydrogen-bond donors (Lipinski definition) is 1. The van der Waals surface area contributed by atoms with E-state index in [0.29, 0.717) is 11.8 Å². The number of hydrogen-bond acceptors (Lipinski definition) is 4. The Bertz CT molecular complexity index is 869. The molecule has 0 saturated heterocycles. The lowest BCUT2D eigenvalue weighted by molar-refractivity contribution is -0.119. The van der Waals surface area contributed by atoms with Gasteiger partial charge in [-0.05, 0) is 49.2 Å². The number of amides is 1. The van der Waals surface area contributed by atoms with Gasteiger partial charge in [-0.15, -0.1) is 10.2 Å². The lowest BCUT2D eigenvalue weighted by atomic mass is 10.1. The third-order valence-corrected chi connectivity index (χ3v) is 4.26. The van der Waals surface area contributed by atoms with Crippen LogP contribution in [-0.2, 0) is 4.79 Å². The van der Waals surface area contributed by atoms with Crippen LogP contribution < -0.4 is 5.32 Å². The van der Waals surface area contributed by atoms with Crippen LogP contribution in [0.3, 0.4) is 0 Å². The Morgan fingerprint density at radius 3 is 2.44 bits per heavy atom. The van der Waals surface area contributed by atoms with Crippen LogP contribution >= 0.6 is 0 Å². The van der Waals surface area contributed by atoms with Gasteiger partial charge in [0.05, 0.1) is 0 Å². The Labute approximate surface area is 147 Å². The number of anilines is 1. The third kappa shape index (κ3) is 3.76. The first-order valence-corrected chi connectivity index (χ1v) is 8.39. The quantitative estimate of drug-likeness (QED) is 0.734. The van der Waals surface area contributed by atoms with Gasteiger partial charge in [-0.1, -0.05) is 32.0 Å². The molecule has 1 heterocycles. The summed E-state index contributed by atoms with van der Waals surface area (Å²) in [4.78, 5) is 11.9. The summed E-state index contributed by atoms with van der Waals surface area (Å²) in [7, 11) is 0. The van der Waals surface area contributed by atoms with E-state index in [2.05, 4.69) is 15.5 Å². The zero-order valence-corrected chi connectivity index (χ0v) is 14.6. The lowest BCUT2D eigenvalue weighted by Gasteiger charge is -2.09. The van der Waals surface area contributed by atoms with Gasteiger partial charge in [0.15, 0.2) is 0 Å². The van der Waals surface area contributed by atoms with Crippen LogP contribution in [0.2, 0.25) is 0 Å². The standard InChI is InChI=1S/C20H21N3O2/c1-4-13(2)18(24)21-16-11-9-15(10-12-16)19-22-23-20(25-19)17-8-6-5-7-14(17)3/h5-13H,4H2,1-3H3,(H,21,24)/t13-/m0/s1. The summed E-state index contributed by atoms with van der Waals surface area (Å²) in [6.45, 7) is 5.91. The highest BCUT2D eigenvalue weighted by Gasteiger charge is 2.13. The van der Waals surface area contributed by atoms with Gasteiger partial charge < -0.3 is 9.73 Å². The molecule has 0 aliphatic carbocycles. The maximum Gasteiger partial charge on any atom is 0.248 e. The summed E-state index contributed by atoms with van der Waals surface area (Å²) in [5.41, 5.74) is 3.58. The molecule has 0 fully saturated rings. The third-order valence-electron chi connectivity index (χ3n) is 4.26. The van der Waals surface area contributed by atoms with Crippen LogP contribution in [0.25, 0.3) is 22.9 Å². The largest absolute Gasteiger partial charge is 0.416 e. The highest BCUT2D eigenvalue weighted by atomic mass is 16.4. The van der Waals surface area contributed by atoms with Crippen LogP contribution in [0.4, 0.5) is 5.69 Å². The number of nitrogens with zero attached hydrogens (tertiary/aromatic N) is 2. The number of carbonyl (C=O) groups excluding carboxylic acids is 1. The first-order chi connectivity index (χ1) is 12.1. The maximum atomic E-state index is 11.9. The summed E-state index contributed by atoms with van der Waals surface area (Å²) in [5, 5.41) is 11.2. The molecule has 0 radical (unpaired) electrons. The molecule has 0 spiro atoms. The van der Waals surface area contributed by atoms with Crippen molar-refractivity contribution >= 4 is 11.6 Å². The minimum atomic E-state index is -0.00714. The molecule has 1 N–H and O–H groups in total. The molecule has 2 aromatic carbocycles. The fourth-order valence-electron chi connectivity index (χ4n) is 2.41. The van der Waals surface area contributed by atoms with Gasteiger partial charge in [0.25, 0.3) is 0 Å². The Hall–Kier alpha value is -2.95. The van der Waals surface area contributed by atoms with E-state index in [4.69, 9.17) is 4.42 Å². The Morgan fingerprint density at radius 1 is 1.08 bits per heavy atom. The molecular formula is C20H21N3O2. The maximum absolute atomic E-state index is 11.9. The van der Waals surface area contributed by atoms with Crippen molar-refractivity contribution in [1.29, 1.82) is 0 Å². The molecule has 5 nitrogen and oxygen atoms in total. The molecule has 0 unspecified atom stereocenters. The lowest BCUT2D eigenvalue weighted by Crippen LogP contribution is -2.19. The van der Waals surface area contributed by atoms with Gasteiger partial charge in [-0.2, -0.15) is 0 Å². The Kier molecular flexibility index (Phi) is 4.93. The minimum absolute atomic E-state index is 0.00714. The summed E-state index contributed by atoms with van der Waals surface area (Å²) >= 11 is 0. The number of carbonyl (C=O) groups is 1. The topological polar surface area (TPSA) is 68.0 Å². The molecule has 0 bridgehead atoms. The van der Waals surface area contributed by atoms with Crippen molar-refractivity contribution in [2.75, 3.05) is 5.32 Å². The minimum Gasteiger partial charge on any atom is -0.416 e. The van der Waals surface area contributed by atoms with E-state index in [1.807, 2.05) is 69.3 Å². The average molecular weight is 335 g/mol. The van der Waals surface area contributed by atoms with Crippen LogP contribution in [0.15, 0.2) is 52.9 Å². The van der Waals surface area contributed by atoms with Gasteiger partial charge in [-0.25, -0.2) is 0 Å². The van der Waals surface area contributed by atoms with Crippen LogP contribution in [0.1, 0.15) is 25.8 Å². The molecule has 1 amide bonds. The van der Waals surface area contributed by atoms with E-state index in [1.54, 1.807) is 0 Å². The van der Waals surface area contributed by atoms with E-state index in [0.717, 1.165) is 28.8 Å². The smallest absolute Gasteiger partial charge is 0.248 e. The molecule has 1 atom stereocenters. The number of rotatable bonds is 5. The van der Waals surface area contributed by atoms with Gasteiger partial charge in [0.2, 0.25) is 17.7 Å².